The molecule has 1 fully saturated rings. The van der Waals surface area contributed by atoms with Gasteiger partial charge in [-0.2, -0.15) is 0 Å². The zero-order valence-electron chi connectivity index (χ0n) is 16.3. The van der Waals surface area contributed by atoms with Gasteiger partial charge in [-0.15, -0.1) is 10.2 Å². The summed E-state index contributed by atoms with van der Waals surface area (Å²) in [6.45, 7) is 2.57. The third kappa shape index (κ3) is 4.46. The third-order valence-electron chi connectivity index (χ3n) is 4.79. The summed E-state index contributed by atoms with van der Waals surface area (Å²) in [7, 11) is 0. The van der Waals surface area contributed by atoms with E-state index in [1.165, 1.54) is 18.2 Å². The van der Waals surface area contributed by atoms with Crippen molar-refractivity contribution in [2.75, 3.05) is 17.2 Å². The van der Waals surface area contributed by atoms with Gasteiger partial charge in [-0.25, -0.2) is 9.18 Å². The number of nitrogens with zero attached hydrogens (tertiary/aromatic N) is 3. The molecule has 0 bridgehead atoms. The largest absolute Gasteiger partial charge is 0.322 e. The molecule has 2 heterocycles. The Kier molecular flexibility index (Phi) is 5.71. The molecule has 4 rings (SSSR count). The molecule has 1 aliphatic heterocycles. The first kappa shape index (κ1) is 20.0. The molecular weight excluding hydrogens is 405 g/mol. The first-order chi connectivity index (χ1) is 14.5. The number of urea groups is 1. The lowest BCUT2D eigenvalue weighted by Crippen LogP contribution is -2.34. The van der Waals surface area contributed by atoms with Gasteiger partial charge in [-0.1, -0.05) is 29.5 Å². The molecular formula is C21H20FN5O2S. The molecule has 3 aromatic rings. The van der Waals surface area contributed by atoms with E-state index in [4.69, 9.17) is 0 Å². The van der Waals surface area contributed by atoms with E-state index in [9.17, 15) is 14.0 Å². The Hall–Kier alpha value is -3.33. The number of halogens is 1. The Bertz CT molecular complexity index is 1090. The fraction of sp³-hybridized carbons (Fsp3) is 0.238. The van der Waals surface area contributed by atoms with E-state index in [-0.39, 0.29) is 17.1 Å². The number of rotatable bonds is 4. The highest BCUT2D eigenvalue weighted by Crippen LogP contribution is 2.34. The van der Waals surface area contributed by atoms with Gasteiger partial charge in [0.1, 0.15) is 10.8 Å². The normalized spacial score (nSPS) is 15.8. The van der Waals surface area contributed by atoms with Crippen molar-refractivity contribution in [1.82, 2.24) is 15.1 Å². The van der Waals surface area contributed by atoms with Crippen molar-refractivity contribution in [2.45, 2.75) is 25.8 Å². The minimum atomic E-state index is -0.460. The highest BCUT2D eigenvalue weighted by atomic mass is 32.1. The zero-order valence-corrected chi connectivity index (χ0v) is 17.1. The van der Waals surface area contributed by atoms with Crippen molar-refractivity contribution in [1.29, 1.82) is 0 Å². The molecule has 1 atom stereocenters. The first-order valence-electron chi connectivity index (χ1n) is 9.54. The molecule has 3 amide bonds. The van der Waals surface area contributed by atoms with E-state index < -0.39 is 11.7 Å². The van der Waals surface area contributed by atoms with Crippen LogP contribution in [0.15, 0.2) is 48.5 Å². The Balaban J connectivity index is 1.45. The van der Waals surface area contributed by atoms with Crippen LogP contribution in [0.5, 0.6) is 0 Å². The molecule has 2 aromatic carbocycles. The van der Waals surface area contributed by atoms with Crippen LogP contribution >= 0.6 is 11.3 Å². The quantitative estimate of drug-likeness (QED) is 0.639. The number of benzene rings is 2. The molecule has 0 radical (unpaired) electrons. The van der Waals surface area contributed by atoms with Gasteiger partial charge in [0, 0.05) is 17.9 Å². The average molecular weight is 425 g/mol. The fourth-order valence-corrected chi connectivity index (χ4v) is 4.28. The van der Waals surface area contributed by atoms with Crippen LogP contribution in [0.25, 0.3) is 0 Å². The predicted molar refractivity (Wildman–Crippen MR) is 113 cm³/mol. The molecule has 0 saturated carbocycles. The highest BCUT2D eigenvalue weighted by molar-refractivity contribution is 7.13. The van der Waals surface area contributed by atoms with Crippen LogP contribution in [0.1, 0.15) is 39.3 Å². The Labute approximate surface area is 176 Å². The maximum absolute atomic E-state index is 13.3. The molecule has 0 spiro atoms. The van der Waals surface area contributed by atoms with E-state index in [0.717, 1.165) is 35.4 Å². The van der Waals surface area contributed by atoms with Gasteiger partial charge in [0.15, 0.2) is 0 Å². The van der Waals surface area contributed by atoms with Crippen LogP contribution in [-0.2, 0) is 0 Å². The van der Waals surface area contributed by atoms with E-state index in [0.29, 0.717) is 17.2 Å². The van der Waals surface area contributed by atoms with Crippen LogP contribution < -0.4 is 10.6 Å². The number of nitrogens with one attached hydrogen (secondary N) is 2. The van der Waals surface area contributed by atoms with Gasteiger partial charge < -0.3 is 15.5 Å². The molecule has 0 aliphatic carbocycles. The third-order valence-corrected chi connectivity index (χ3v) is 5.81. The SMILES string of the molecule is Cc1cccc(NC(=O)N2CCC[C@H]2c2nnc(C(=O)Nc3cccc(F)c3)s2)c1. The summed E-state index contributed by atoms with van der Waals surface area (Å²) in [5.74, 6) is -0.898. The van der Waals surface area contributed by atoms with Crippen LogP contribution in [0.2, 0.25) is 0 Å². The smallest absolute Gasteiger partial charge is 0.320 e. The van der Waals surface area contributed by atoms with Gasteiger partial charge in [0.2, 0.25) is 5.01 Å². The monoisotopic (exact) mass is 425 g/mol. The van der Waals surface area contributed by atoms with Crippen molar-refractivity contribution < 1.29 is 14.0 Å². The lowest BCUT2D eigenvalue weighted by atomic mass is 10.2. The Morgan fingerprint density at radius 3 is 2.63 bits per heavy atom. The van der Waals surface area contributed by atoms with Gasteiger partial charge in [-0.3, -0.25) is 4.79 Å². The number of likely N-dealkylation sites (tertiary alicyclic amines) is 1. The average Bonchev–Trinajstić information content (AvgIpc) is 3.37. The molecule has 7 nitrogen and oxygen atoms in total. The standard InChI is InChI=1S/C21H20FN5O2S/c1-13-5-2-7-15(11-13)24-21(29)27-10-4-9-17(27)19-25-26-20(30-19)18(28)23-16-8-3-6-14(22)12-16/h2-3,5-8,11-12,17H,4,9-10H2,1H3,(H,23,28)(H,24,29)/t17-/m0/s1. The van der Waals surface area contributed by atoms with Gasteiger partial charge in [0.25, 0.3) is 5.91 Å². The maximum atomic E-state index is 13.3. The number of hydrogen-bond acceptors (Lipinski definition) is 5. The number of aromatic nitrogens is 2. The number of carbonyl (C=O) groups excluding carboxylic acids is 2. The molecule has 0 unspecified atom stereocenters. The van der Waals surface area contributed by atoms with E-state index >= 15 is 0 Å². The highest BCUT2D eigenvalue weighted by Gasteiger charge is 2.33. The van der Waals surface area contributed by atoms with Crippen molar-refractivity contribution in [2.24, 2.45) is 0 Å². The number of hydrogen-bond donors (Lipinski definition) is 2. The van der Waals surface area contributed by atoms with E-state index in [1.807, 2.05) is 31.2 Å². The number of aryl methyl sites for hydroxylation is 1. The second-order valence-corrected chi connectivity index (χ2v) is 8.07. The molecule has 2 N–H and O–H groups in total. The summed E-state index contributed by atoms with van der Waals surface area (Å²) in [5, 5.41) is 14.4. The molecule has 1 aliphatic rings. The number of anilines is 2. The van der Waals surface area contributed by atoms with Crippen molar-refractivity contribution in [3.63, 3.8) is 0 Å². The van der Waals surface area contributed by atoms with Crippen LogP contribution in [0.3, 0.4) is 0 Å². The lowest BCUT2D eigenvalue weighted by molar-refractivity contribution is 0.102. The van der Waals surface area contributed by atoms with Crippen molar-refractivity contribution >= 4 is 34.6 Å². The number of carbonyl (C=O) groups is 2. The summed E-state index contributed by atoms with van der Waals surface area (Å²) < 4.78 is 13.3. The minimum Gasteiger partial charge on any atom is -0.320 e. The first-order valence-corrected chi connectivity index (χ1v) is 10.4. The molecule has 30 heavy (non-hydrogen) atoms. The van der Waals surface area contributed by atoms with Gasteiger partial charge >= 0.3 is 6.03 Å². The number of amides is 3. The lowest BCUT2D eigenvalue weighted by Gasteiger charge is -2.23. The minimum absolute atomic E-state index is 0.167. The van der Waals surface area contributed by atoms with Gasteiger partial charge in [0.05, 0.1) is 6.04 Å². The van der Waals surface area contributed by atoms with Gasteiger partial charge in [-0.05, 0) is 55.7 Å². The Morgan fingerprint density at radius 2 is 1.87 bits per heavy atom. The summed E-state index contributed by atoms with van der Waals surface area (Å²) in [4.78, 5) is 26.9. The van der Waals surface area contributed by atoms with Crippen molar-refractivity contribution in [3.05, 3.63) is 69.9 Å². The van der Waals surface area contributed by atoms with Crippen molar-refractivity contribution in [3.8, 4) is 0 Å². The second-order valence-electron chi connectivity index (χ2n) is 7.06. The summed E-state index contributed by atoms with van der Waals surface area (Å²) in [5.41, 5.74) is 2.14. The maximum Gasteiger partial charge on any atom is 0.322 e. The van der Waals surface area contributed by atoms with Crippen LogP contribution in [0.4, 0.5) is 20.6 Å². The van der Waals surface area contributed by atoms with Crippen LogP contribution in [0, 0.1) is 12.7 Å². The summed E-state index contributed by atoms with van der Waals surface area (Å²) in [6, 6.07) is 12.8. The molecule has 1 saturated heterocycles. The fourth-order valence-electron chi connectivity index (χ4n) is 3.40. The van der Waals surface area contributed by atoms with E-state index in [1.54, 1.807) is 11.0 Å². The Morgan fingerprint density at radius 1 is 1.10 bits per heavy atom. The summed E-state index contributed by atoms with van der Waals surface area (Å²) in [6.07, 6.45) is 1.59. The predicted octanol–water partition coefficient (Wildman–Crippen LogP) is 4.61. The molecule has 1 aromatic heterocycles. The van der Waals surface area contributed by atoms with E-state index in [2.05, 4.69) is 20.8 Å². The zero-order chi connectivity index (χ0) is 21.1. The topological polar surface area (TPSA) is 87.2 Å². The summed E-state index contributed by atoms with van der Waals surface area (Å²) >= 11 is 1.14. The molecule has 154 valence electrons. The second kappa shape index (κ2) is 8.58. The molecule has 9 heteroatoms. The van der Waals surface area contributed by atoms with Crippen LogP contribution in [-0.4, -0.2) is 33.6 Å².